The predicted molar refractivity (Wildman–Crippen MR) is 136 cm³/mol. The number of likely N-dealkylation sites (tertiary alicyclic amines) is 1. The average Bonchev–Trinajstić information content (AvgIpc) is 2.82. The van der Waals surface area contributed by atoms with Crippen molar-refractivity contribution in [3.63, 3.8) is 0 Å². The van der Waals surface area contributed by atoms with Gasteiger partial charge < -0.3 is 19.3 Å². The van der Waals surface area contributed by atoms with Gasteiger partial charge in [0.05, 0.1) is 11.6 Å². The van der Waals surface area contributed by atoms with Crippen molar-refractivity contribution >= 4 is 23.8 Å². The second-order valence-corrected chi connectivity index (χ2v) is 9.55. The monoisotopic (exact) mass is 475 g/mol. The maximum absolute atomic E-state index is 12.2. The predicted octanol–water partition coefficient (Wildman–Crippen LogP) is 5.40. The van der Waals surface area contributed by atoms with E-state index in [1.54, 1.807) is 21.9 Å². The first-order valence-electron chi connectivity index (χ1n) is 11.8. The minimum atomic E-state index is -0.502. The molecule has 0 aromatic heterocycles. The van der Waals surface area contributed by atoms with Crippen molar-refractivity contribution in [2.24, 2.45) is 0 Å². The lowest BCUT2D eigenvalue weighted by Gasteiger charge is -2.33. The molecule has 1 saturated heterocycles. The highest BCUT2D eigenvalue weighted by molar-refractivity contribution is 5.91. The first kappa shape index (κ1) is 25.8. The highest BCUT2D eigenvalue weighted by atomic mass is 16.6. The number of ether oxygens (including phenoxy) is 2. The Bertz CT molecular complexity index is 1090. The maximum Gasteiger partial charge on any atom is 0.410 e. The summed E-state index contributed by atoms with van der Waals surface area (Å²) in [5.41, 5.74) is 1.79. The summed E-state index contributed by atoms with van der Waals surface area (Å²) >= 11 is 0. The molecule has 0 aliphatic carbocycles. The maximum atomic E-state index is 12.2. The van der Waals surface area contributed by atoms with Gasteiger partial charge in [-0.15, -0.1) is 0 Å². The second kappa shape index (κ2) is 11.6. The van der Waals surface area contributed by atoms with Crippen LogP contribution in [0, 0.1) is 11.3 Å². The van der Waals surface area contributed by atoms with Gasteiger partial charge in [0.15, 0.2) is 0 Å². The highest BCUT2D eigenvalue weighted by Crippen LogP contribution is 2.24. The Morgan fingerprint density at radius 1 is 1.14 bits per heavy atom. The number of nitriles is 1. The molecule has 184 valence electrons. The number of hydrogen-bond acceptors (Lipinski definition) is 5. The lowest BCUT2D eigenvalue weighted by atomic mass is 10.1. The zero-order valence-electron chi connectivity index (χ0n) is 20.9. The quantitative estimate of drug-likeness (QED) is 0.558. The molecule has 2 amide bonds. The van der Waals surface area contributed by atoms with E-state index in [1.807, 2.05) is 69.3 Å². The van der Waals surface area contributed by atoms with Crippen molar-refractivity contribution < 1.29 is 19.1 Å². The number of nitrogens with zero attached hydrogens (tertiary/aromatic N) is 3. The molecule has 3 rings (SSSR count). The molecule has 0 unspecified atom stereocenters. The van der Waals surface area contributed by atoms with Gasteiger partial charge >= 0.3 is 6.09 Å². The van der Waals surface area contributed by atoms with Crippen LogP contribution in [0.1, 0.15) is 51.7 Å². The third kappa shape index (κ3) is 7.89. The fraction of sp³-hybridized carbons (Fsp3) is 0.393. The molecule has 7 nitrogen and oxygen atoms in total. The van der Waals surface area contributed by atoms with Gasteiger partial charge in [0.2, 0.25) is 5.91 Å². The summed E-state index contributed by atoms with van der Waals surface area (Å²) in [6.07, 6.45) is 5.02. The summed E-state index contributed by atoms with van der Waals surface area (Å²) < 4.78 is 11.6. The summed E-state index contributed by atoms with van der Waals surface area (Å²) in [7, 11) is 0. The minimum absolute atomic E-state index is 0.0237. The highest BCUT2D eigenvalue weighted by Gasteiger charge is 2.27. The summed E-state index contributed by atoms with van der Waals surface area (Å²) in [5.74, 6) is 0.667. The van der Waals surface area contributed by atoms with Crippen LogP contribution in [0.25, 0.3) is 6.08 Å². The van der Waals surface area contributed by atoms with Crippen LogP contribution in [0.15, 0.2) is 54.6 Å². The van der Waals surface area contributed by atoms with Gasteiger partial charge in [-0.25, -0.2) is 4.79 Å². The molecule has 0 bridgehead atoms. The van der Waals surface area contributed by atoms with Gasteiger partial charge in [0.1, 0.15) is 17.5 Å². The molecular weight excluding hydrogens is 442 g/mol. The molecular formula is C28H33N3O4. The zero-order chi connectivity index (χ0) is 25.4. The van der Waals surface area contributed by atoms with Crippen molar-refractivity contribution in [3.05, 3.63) is 65.7 Å². The second-order valence-electron chi connectivity index (χ2n) is 9.55. The van der Waals surface area contributed by atoms with Crippen molar-refractivity contribution in [1.82, 2.24) is 4.90 Å². The topological polar surface area (TPSA) is 82.9 Å². The van der Waals surface area contributed by atoms with Crippen molar-refractivity contribution in [3.8, 4) is 11.8 Å². The smallest absolute Gasteiger partial charge is 0.410 e. The fourth-order valence-corrected chi connectivity index (χ4v) is 3.80. The van der Waals surface area contributed by atoms with Crippen LogP contribution in [0.2, 0.25) is 0 Å². The van der Waals surface area contributed by atoms with E-state index < -0.39 is 5.60 Å². The fourth-order valence-electron chi connectivity index (χ4n) is 3.80. The van der Waals surface area contributed by atoms with Crippen molar-refractivity contribution in [2.45, 2.75) is 52.2 Å². The average molecular weight is 476 g/mol. The molecule has 0 radical (unpaired) electrons. The van der Waals surface area contributed by atoms with Crippen LogP contribution < -0.4 is 9.64 Å². The number of carbonyl (C=O) groups excluding carboxylic acids is 2. The Hall–Kier alpha value is -3.79. The molecule has 2 aromatic carbocycles. The van der Waals surface area contributed by atoms with Gasteiger partial charge in [-0.05, 0) is 62.7 Å². The number of carbonyl (C=O) groups is 2. The molecule has 0 atom stereocenters. The molecule has 1 aliphatic heterocycles. The number of piperidine rings is 1. The van der Waals surface area contributed by atoms with Gasteiger partial charge in [-0.2, -0.15) is 5.26 Å². The Balaban J connectivity index is 1.54. The molecule has 0 spiro atoms. The van der Waals surface area contributed by atoms with Crippen molar-refractivity contribution in [1.29, 1.82) is 5.26 Å². The van der Waals surface area contributed by atoms with Crippen LogP contribution in [0.5, 0.6) is 5.75 Å². The van der Waals surface area contributed by atoms with E-state index in [4.69, 9.17) is 14.7 Å². The normalized spacial score (nSPS) is 14.4. The third-order valence-electron chi connectivity index (χ3n) is 5.54. The van der Waals surface area contributed by atoms with Gasteiger partial charge in [0.25, 0.3) is 0 Å². The Kier molecular flexibility index (Phi) is 8.53. The van der Waals surface area contributed by atoms with E-state index in [9.17, 15) is 9.59 Å². The number of hydrogen-bond donors (Lipinski definition) is 0. The van der Waals surface area contributed by atoms with E-state index in [0.29, 0.717) is 25.2 Å². The molecule has 1 fully saturated rings. The number of rotatable bonds is 6. The van der Waals surface area contributed by atoms with Crippen LogP contribution in [0.4, 0.5) is 10.5 Å². The summed E-state index contributed by atoms with van der Waals surface area (Å²) in [6, 6.07) is 16.9. The standard InChI is InChI=1S/C28H33N3O4/c1-21(32)31(16-6-9-22-7-5-8-23(19-22)20-29)24-10-12-25(13-11-24)34-26-14-17-30(18-15-26)27(33)35-28(2,3)4/h5-13,19,26H,14-18H2,1-4H3. The van der Waals surface area contributed by atoms with Crippen LogP contribution in [-0.2, 0) is 9.53 Å². The first-order chi connectivity index (χ1) is 16.6. The number of anilines is 1. The van der Waals surface area contributed by atoms with Crippen LogP contribution in [0.3, 0.4) is 0 Å². The lowest BCUT2D eigenvalue weighted by molar-refractivity contribution is -0.116. The van der Waals surface area contributed by atoms with E-state index >= 15 is 0 Å². The summed E-state index contributed by atoms with van der Waals surface area (Å²) in [6.45, 7) is 8.73. The largest absolute Gasteiger partial charge is 0.490 e. The zero-order valence-corrected chi connectivity index (χ0v) is 20.9. The Morgan fingerprint density at radius 2 is 1.83 bits per heavy atom. The molecule has 2 aromatic rings. The summed E-state index contributed by atoms with van der Waals surface area (Å²) in [5, 5.41) is 9.04. The first-order valence-corrected chi connectivity index (χ1v) is 11.8. The van der Waals surface area contributed by atoms with Gasteiger partial charge in [0, 0.05) is 45.1 Å². The molecule has 35 heavy (non-hydrogen) atoms. The number of benzene rings is 2. The minimum Gasteiger partial charge on any atom is -0.490 e. The number of amides is 2. The van der Waals surface area contributed by atoms with Gasteiger partial charge in [-0.3, -0.25) is 4.79 Å². The van der Waals surface area contributed by atoms with Gasteiger partial charge in [-0.1, -0.05) is 24.3 Å². The molecule has 1 aliphatic rings. The van der Waals surface area contributed by atoms with E-state index in [2.05, 4.69) is 6.07 Å². The molecule has 0 saturated carbocycles. The van der Waals surface area contributed by atoms with Crippen LogP contribution >= 0.6 is 0 Å². The molecule has 7 heteroatoms. The Labute approximate surface area is 207 Å². The van der Waals surface area contributed by atoms with E-state index in [0.717, 1.165) is 29.8 Å². The lowest BCUT2D eigenvalue weighted by Crippen LogP contribution is -2.44. The molecule has 0 N–H and O–H groups in total. The molecule has 1 heterocycles. The summed E-state index contributed by atoms with van der Waals surface area (Å²) in [4.78, 5) is 27.9. The van der Waals surface area contributed by atoms with Crippen molar-refractivity contribution in [2.75, 3.05) is 24.5 Å². The third-order valence-corrected chi connectivity index (χ3v) is 5.54. The van der Waals surface area contributed by atoms with E-state index in [-0.39, 0.29) is 18.1 Å². The Morgan fingerprint density at radius 3 is 2.43 bits per heavy atom. The SMILES string of the molecule is CC(=O)N(CC=Cc1cccc(C#N)c1)c1ccc(OC2CCN(C(=O)OC(C)(C)C)CC2)cc1. The van der Waals surface area contributed by atoms with E-state index in [1.165, 1.54) is 6.92 Å². The van der Waals surface area contributed by atoms with Crippen LogP contribution in [-0.4, -0.2) is 48.2 Å².